The van der Waals surface area contributed by atoms with Gasteiger partial charge in [0.05, 0.1) is 5.69 Å². The lowest BCUT2D eigenvalue weighted by Gasteiger charge is -2.29. The van der Waals surface area contributed by atoms with Gasteiger partial charge in [-0.05, 0) is 50.0 Å². The fourth-order valence-corrected chi connectivity index (χ4v) is 2.23. The minimum Gasteiger partial charge on any atom is -0.482 e. The molecule has 0 aliphatic carbocycles. The molecule has 1 heterocycles. The van der Waals surface area contributed by atoms with Gasteiger partial charge in [0.1, 0.15) is 5.75 Å². The van der Waals surface area contributed by atoms with E-state index in [1.165, 1.54) is 0 Å². The van der Waals surface area contributed by atoms with E-state index < -0.39 is 0 Å². The summed E-state index contributed by atoms with van der Waals surface area (Å²) in [6, 6.07) is 5.92. The molecule has 1 aliphatic heterocycles. The first-order valence-corrected chi connectivity index (χ1v) is 6.72. The second kappa shape index (κ2) is 6.54. The molecule has 0 saturated heterocycles. The number of carbonyl (C=O) groups is 1. The van der Waals surface area contributed by atoms with Crippen LogP contribution in [0.15, 0.2) is 18.2 Å². The Morgan fingerprint density at radius 3 is 2.79 bits per heavy atom. The van der Waals surface area contributed by atoms with Crippen molar-refractivity contribution < 1.29 is 9.53 Å². The Hall–Kier alpha value is -1.59. The summed E-state index contributed by atoms with van der Waals surface area (Å²) in [5.74, 6) is 0.780. The van der Waals surface area contributed by atoms with Crippen molar-refractivity contribution in [2.75, 3.05) is 31.1 Å². The van der Waals surface area contributed by atoms with Gasteiger partial charge in [0.15, 0.2) is 6.61 Å². The molecule has 1 aromatic rings. The van der Waals surface area contributed by atoms with Crippen LogP contribution in [0.2, 0.25) is 0 Å². The van der Waals surface area contributed by atoms with Crippen LogP contribution in [-0.4, -0.2) is 32.1 Å². The molecule has 2 rings (SSSR count). The Kier molecular flexibility index (Phi) is 4.76. The van der Waals surface area contributed by atoms with E-state index in [0.29, 0.717) is 19.6 Å². The molecule has 4 N–H and O–H groups in total. The predicted octanol–water partition coefficient (Wildman–Crippen LogP) is 0.652. The van der Waals surface area contributed by atoms with E-state index in [2.05, 4.69) is 0 Å². The summed E-state index contributed by atoms with van der Waals surface area (Å²) >= 11 is 0. The third-order valence-corrected chi connectivity index (χ3v) is 3.24. The lowest BCUT2D eigenvalue weighted by atomic mass is 10.1. The number of hydrogen-bond acceptors (Lipinski definition) is 4. The summed E-state index contributed by atoms with van der Waals surface area (Å²) in [4.78, 5) is 13.8. The highest BCUT2D eigenvalue weighted by atomic mass is 16.5. The van der Waals surface area contributed by atoms with E-state index in [1.807, 2.05) is 18.2 Å². The summed E-state index contributed by atoms with van der Waals surface area (Å²) < 4.78 is 5.46. The van der Waals surface area contributed by atoms with Crippen molar-refractivity contribution in [3.63, 3.8) is 0 Å². The maximum Gasteiger partial charge on any atom is 0.265 e. The zero-order chi connectivity index (χ0) is 13.7. The molecule has 104 valence electrons. The summed E-state index contributed by atoms with van der Waals surface area (Å²) in [7, 11) is 0. The van der Waals surface area contributed by atoms with Crippen LogP contribution in [0.4, 0.5) is 5.69 Å². The van der Waals surface area contributed by atoms with Crippen LogP contribution in [0.1, 0.15) is 18.4 Å². The molecule has 0 atom stereocenters. The van der Waals surface area contributed by atoms with Gasteiger partial charge in [-0.15, -0.1) is 0 Å². The second-order valence-electron chi connectivity index (χ2n) is 4.67. The van der Waals surface area contributed by atoms with E-state index in [4.69, 9.17) is 16.2 Å². The summed E-state index contributed by atoms with van der Waals surface area (Å²) in [6.45, 7) is 2.06. The normalized spacial score (nSPS) is 14.2. The zero-order valence-electron chi connectivity index (χ0n) is 11.1. The molecular weight excluding hydrogens is 242 g/mol. The molecule has 0 spiro atoms. The molecule has 5 heteroatoms. The maximum absolute atomic E-state index is 12.0. The maximum atomic E-state index is 12.0. The third-order valence-electron chi connectivity index (χ3n) is 3.24. The second-order valence-corrected chi connectivity index (χ2v) is 4.67. The van der Waals surface area contributed by atoms with Gasteiger partial charge in [0.25, 0.3) is 5.91 Å². The van der Waals surface area contributed by atoms with Gasteiger partial charge in [0.2, 0.25) is 0 Å². The van der Waals surface area contributed by atoms with Crippen LogP contribution < -0.4 is 21.1 Å². The van der Waals surface area contributed by atoms with E-state index >= 15 is 0 Å². The SMILES string of the molecule is NCCCCN1C(=O)COc2ccc(CCN)cc21. The first-order chi connectivity index (χ1) is 9.26. The number of nitrogens with zero attached hydrogens (tertiary/aromatic N) is 1. The number of unbranched alkanes of at least 4 members (excludes halogenated alkanes) is 1. The summed E-state index contributed by atoms with van der Waals surface area (Å²) in [5.41, 5.74) is 13.1. The standard InChI is InChI=1S/C14H21N3O2/c15-6-1-2-8-17-12-9-11(5-7-16)3-4-13(12)19-10-14(17)18/h3-4,9H,1-2,5-8,10,15-16H2. The molecule has 5 nitrogen and oxygen atoms in total. The fraction of sp³-hybridized carbons (Fsp3) is 0.500. The summed E-state index contributed by atoms with van der Waals surface area (Å²) in [5, 5.41) is 0. The number of hydrogen-bond donors (Lipinski definition) is 2. The minimum absolute atomic E-state index is 0.00872. The average Bonchev–Trinajstić information content (AvgIpc) is 2.42. The van der Waals surface area contributed by atoms with Crippen LogP contribution in [-0.2, 0) is 11.2 Å². The van der Waals surface area contributed by atoms with Crippen LogP contribution in [0.25, 0.3) is 0 Å². The molecule has 1 aliphatic rings. The summed E-state index contributed by atoms with van der Waals surface area (Å²) in [6.07, 6.45) is 2.63. The molecule has 0 unspecified atom stereocenters. The quantitative estimate of drug-likeness (QED) is 0.738. The van der Waals surface area contributed by atoms with Gasteiger partial charge in [0, 0.05) is 6.54 Å². The Bertz CT molecular complexity index is 448. The Labute approximate surface area is 113 Å². The number of rotatable bonds is 6. The van der Waals surface area contributed by atoms with E-state index in [-0.39, 0.29) is 12.5 Å². The fourth-order valence-electron chi connectivity index (χ4n) is 2.23. The van der Waals surface area contributed by atoms with Crippen molar-refractivity contribution in [2.24, 2.45) is 11.5 Å². The first-order valence-electron chi connectivity index (χ1n) is 6.72. The monoisotopic (exact) mass is 263 g/mol. The van der Waals surface area contributed by atoms with E-state index in [1.54, 1.807) is 4.90 Å². The van der Waals surface area contributed by atoms with Crippen LogP contribution >= 0.6 is 0 Å². The van der Waals surface area contributed by atoms with Crippen LogP contribution in [0, 0.1) is 0 Å². The molecule has 0 bridgehead atoms. The van der Waals surface area contributed by atoms with Crippen LogP contribution in [0.3, 0.4) is 0 Å². The highest BCUT2D eigenvalue weighted by molar-refractivity contribution is 5.97. The number of nitrogens with two attached hydrogens (primary N) is 2. The Balaban J connectivity index is 2.20. The van der Waals surface area contributed by atoms with Crippen molar-refractivity contribution in [3.8, 4) is 5.75 Å². The Morgan fingerprint density at radius 1 is 1.21 bits per heavy atom. The minimum atomic E-state index is 0.00872. The molecule has 19 heavy (non-hydrogen) atoms. The van der Waals surface area contributed by atoms with Gasteiger partial charge < -0.3 is 21.1 Å². The van der Waals surface area contributed by atoms with E-state index in [9.17, 15) is 4.79 Å². The molecule has 1 amide bonds. The molecule has 0 aromatic heterocycles. The molecule has 0 saturated carbocycles. The van der Waals surface area contributed by atoms with Crippen molar-refractivity contribution in [3.05, 3.63) is 23.8 Å². The number of carbonyl (C=O) groups excluding carboxylic acids is 1. The predicted molar refractivity (Wildman–Crippen MR) is 75.3 cm³/mol. The van der Waals surface area contributed by atoms with Crippen molar-refractivity contribution in [1.29, 1.82) is 0 Å². The average molecular weight is 263 g/mol. The lowest BCUT2D eigenvalue weighted by molar-refractivity contribution is -0.121. The molecule has 0 radical (unpaired) electrons. The van der Waals surface area contributed by atoms with Gasteiger partial charge in [-0.2, -0.15) is 0 Å². The zero-order valence-corrected chi connectivity index (χ0v) is 11.1. The Morgan fingerprint density at radius 2 is 2.05 bits per heavy atom. The van der Waals surface area contributed by atoms with Gasteiger partial charge >= 0.3 is 0 Å². The smallest absolute Gasteiger partial charge is 0.265 e. The van der Waals surface area contributed by atoms with E-state index in [0.717, 1.165) is 36.3 Å². The van der Waals surface area contributed by atoms with Crippen molar-refractivity contribution in [2.45, 2.75) is 19.3 Å². The van der Waals surface area contributed by atoms with Crippen molar-refractivity contribution in [1.82, 2.24) is 0 Å². The third kappa shape index (κ3) is 3.24. The number of anilines is 1. The number of amides is 1. The number of fused-ring (bicyclic) bond motifs is 1. The lowest BCUT2D eigenvalue weighted by Crippen LogP contribution is -2.39. The topological polar surface area (TPSA) is 81.6 Å². The van der Waals surface area contributed by atoms with Gasteiger partial charge in [-0.25, -0.2) is 0 Å². The molecule has 1 aromatic carbocycles. The van der Waals surface area contributed by atoms with Gasteiger partial charge in [-0.3, -0.25) is 4.79 Å². The highest BCUT2D eigenvalue weighted by Crippen LogP contribution is 2.33. The largest absolute Gasteiger partial charge is 0.482 e. The van der Waals surface area contributed by atoms with Crippen molar-refractivity contribution >= 4 is 11.6 Å². The highest BCUT2D eigenvalue weighted by Gasteiger charge is 2.25. The van der Waals surface area contributed by atoms with Crippen LogP contribution in [0.5, 0.6) is 5.75 Å². The number of benzene rings is 1. The number of ether oxygens (including phenoxy) is 1. The molecule has 0 fully saturated rings. The molecular formula is C14H21N3O2. The van der Waals surface area contributed by atoms with Gasteiger partial charge in [-0.1, -0.05) is 6.07 Å². The first kappa shape index (κ1) is 13.8.